The Labute approximate surface area is 858 Å². The van der Waals surface area contributed by atoms with E-state index in [0.29, 0.717) is 10.9 Å². The van der Waals surface area contributed by atoms with Crippen molar-refractivity contribution < 1.29 is 20.1 Å². The second-order valence-electron chi connectivity index (χ2n) is 35.8. The van der Waals surface area contributed by atoms with Crippen LogP contribution < -0.4 is 10.9 Å². The largest absolute Gasteiger partial charge is 0.488 e. The van der Waals surface area contributed by atoms with Crippen molar-refractivity contribution in [1.29, 1.82) is 0 Å². The van der Waals surface area contributed by atoms with Crippen LogP contribution in [0.4, 0.5) is 0 Å². The molecule has 0 aliphatic carbocycles. The van der Waals surface area contributed by atoms with Gasteiger partial charge in [0.25, 0.3) is 0 Å². The lowest BCUT2D eigenvalue weighted by atomic mass is 9.79. The third kappa shape index (κ3) is 21.2. The quantitative estimate of drug-likeness (QED) is 0.0818. The molecule has 680 valence electrons. The summed E-state index contributed by atoms with van der Waals surface area (Å²) in [4.78, 5) is 0. The molecule has 25 aromatic rings. The number of fused-ring (bicyclic) bond motifs is 8. The van der Waals surface area contributed by atoms with E-state index in [1.165, 1.54) is 198 Å². The molecule has 0 amide bonds. The summed E-state index contributed by atoms with van der Waals surface area (Å²) in [6.07, 6.45) is 0. The highest BCUT2D eigenvalue weighted by atomic mass is 79.9. The van der Waals surface area contributed by atoms with Gasteiger partial charge in [0.05, 0.1) is 0 Å². The molecule has 25 aromatic carbocycles. The van der Waals surface area contributed by atoms with Crippen LogP contribution in [-0.4, -0.2) is 34.3 Å². The van der Waals surface area contributed by atoms with E-state index < -0.39 is 14.2 Å². The molecule has 0 aliphatic heterocycles. The Morgan fingerprint density at radius 1 is 0.119 bits per heavy atom. The predicted octanol–water partition coefficient (Wildman–Crippen LogP) is 35.3. The summed E-state index contributed by atoms with van der Waals surface area (Å²) < 4.78 is 3.26. The number of hydrogen-bond acceptors (Lipinski definition) is 4. The SMILES string of the molecule is Brc1cc(-c2ccccc2)c2cc(-c3cccc(-c4ccc5ccccc5c4)c3)cc(-c3ccccc3)c2c1.Brc1cc(-c2ccccc2)c2cc(Br)cc(-c3ccccc3)c2c1.OB(O)c1ccc2ccccc2c1.OB(O)c1cccc(-c2ccc3ccccc3c2)c1.c1ccc(-c2cc(-c3ccc4ccccc4c3)cc3c(-c4ccccc4)cc(-c4cccc(-c5ccc6ccccc6c5)c4)cc23)cc1. The molecule has 0 unspecified atom stereocenters. The Hall–Kier alpha value is -16.0. The van der Waals surface area contributed by atoms with Gasteiger partial charge in [-0.25, -0.2) is 0 Å². The normalized spacial score (nSPS) is 11.0. The first kappa shape index (κ1) is 93.3. The molecule has 4 N–H and O–H groups in total. The average Bonchev–Trinajstić information content (AvgIpc) is 0.727. The van der Waals surface area contributed by atoms with Crippen LogP contribution in [0.25, 0.3) is 220 Å². The molecular weight excluding hydrogens is 1930 g/mol. The van der Waals surface area contributed by atoms with E-state index >= 15 is 0 Å². The lowest BCUT2D eigenvalue weighted by molar-refractivity contribution is 0.424. The maximum absolute atomic E-state index is 9.22. The second-order valence-corrected chi connectivity index (χ2v) is 38.5. The fourth-order valence-corrected chi connectivity index (χ4v) is 20.8. The molecule has 0 saturated heterocycles. The first-order chi connectivity index (χ1) is 70.2. The fourth-order valence-electron chi connectivity index (χ4n) is 19.4. The van der Waals surface area contributed by atoms with Crippen molar-refractivity contribution in [2.75, 3.05) is 0 Å². The van der Waals surface area contributed by atoms with Crippen LogP contribution in [0.2, 0.25) is 0 Å². The van der Waals surface area contributed by atoms with Crippen LogP contribution >= 0.6 is 47.8 Å². The summed E-state index contributed by atoms with van der Waals surface area (Å²) in [5.41, 5.74) is 30.0. The summed E-state index contributed by atoms with van der Waals surface area (Å²) in [6, 6.07) is 190. The van der Waals surface area contributed by atoms with Gasteiger partial charge < -0.3 is 20.1 Å². The van der Waals surface area contributed by atoms with Gasteiger partial charge in [-0.15, -0.1) is 0 Å². The number of halogens is 3. The zero-order chi connectivity index (χ0) is 97.1. The Bertz CT molecular complexity index is 8850. The van der Waals surface area contributed by atoms with Gasteiger partial charge in [-0.1, -0.05) is 479 Å². The highest BCUT2D eigenvalue weighted by molar-refractivity contribution is 9.11. The first-order valence-corrected chi connectivity index (χ1v) is 50.2. The molecule has 0 spiro atoms. The summed E-state index contributed by atoms with van der Waals surface area (Å²) >= 11 is 11.2. The van der Waals surface area contributed by atoms with E-state index in [9.17, 15) is 10.0 Å². The Balaban J connectivity index is 0.000000113. The minimum absolute atomic E-state index is 0.505. The Morgan fingerprint density at radius 2 is 0.308 bits per heavy atom. The minimum atomic E-state index is -1.43. The first-order valence-electron chi connectivity index (χ1n) is 47.9. The molecule has 143 heavy (non-hydrogen) atoms. The van der Waals surface area contributed by atoms with Gasteiger partial charge in [-0.05, 0) is 340 Å². The third-order valence-corrected chi connectivity index (χ3v) is 28.0. The lowest BCUT2D eigenvalue weighted by Crippen LogP contribution is -2.29. The Kier molecular flexibility index (Phi) is 28.0. The molecule has 4 nitrogen and oxygen atoms in total. The molecule has 0 aliphatic rings. The van der Waals surface area contributed by atoms with E-state index in [1.807, 2.05) is 60.7 Å². The fraction of sp³-hybridized carbons (Fsp3) is 0. The summed E-state index contributed by atoms with van der Waals surface area (Å²) in [7, 11) is -2.81. The van der Waals surface area contributed by atoms with E-state index in [4.69, 9.17) is 10.0 Å². The molecule has 0 heterocycles. The van der Waals surface area contributed by atoms with Gasteiger partial charge >= 0.3 is 14.2 Å². The van der Waals surface area contributed by atoms with Crippen LogP contribution in [0.1, 0.15) is 0 Å². The second kappa shape index (κ2) is 43.0. The third-order valence-electron chi connectivity index (χ3n) is 26.6. The van der Waals surface area contributed by atoms with Crippen molar-refractivity contribution in [2.24, 2.45) is 0 Å². The average molecular weight is 2030 g/mol. The molecule has 0 bridgehead atoms. The van der Waals surface area contributed by atoms with Gasteiger partial charge in [0, 0.05) is 13.4 Å². The van der Waals surface area contributed by atoms with Gasteiger partial charge in [0.2, 0.25) is 0 Å². The summed E-state index contributed by atoms with van der Waals surface area (Å²) in [5.74, 6) is 0. The van der Waals surface area contributed by atoms with Gasteiger partial charge in [0.15, 0.2) is 0 Å². The van der Waals surface area contributed by atoms with E-state index in [2.05, 4.69) is 503 Å². The van der Waals surface area contributed by atoms with Gasteiger partial charge in [-0.2, -0.15) is 0 Å². The molecule has 0 saturated carbocycles. The molecule has 9 heteroatoms. The topological polar surface area (TPSA) is 80.9 Å². The standard InChI is InChI=1S/C48H32.C38H25Br.C22H14Br2.C16H13BO2.C10H9BO2/c1-3-14-35(15-4-1)45-29-43(40-21-11-20-39(28-40)41-24-22-33-12-7-9-18-37(33)26-41)31-47-46(36-16-5-2-6-17-36)30-44(32-48(45)47)42-25-23-34-13-8-10-19-38(34)27-42;39-34-24-36(28-13-5-2-6-14-28)37-23-33(22-35(38(37)25-34)27-11-3-1-4-12-27)31-17-9-16-30(21-31)32-19-18-26-10-7-8-15-29(26)20-32;23-17-11-19(15-7-3-1-4-8-15)21-13-18(24)12-20(22(21)14-17)16-9-5-2-6-10-16;18-17(19)16-7-3-6-14(11-16)15-9-8-12-4-1-2-5-13(12)10-15;12-11(13)10-6-5-8-3-1-2-4-9(8)7-10/h1-32H;1-25H;1-14H;1-11,18-19H;1-7,12-13H. The van der Waals surface area contributed by atoms with Crippen molar-refractivity contribution >= 4 is 159 Å². The molecule has 25 rings (SSSR count). The molecule has 0 atom stereocenters. The van der Waals surface area contributed by atoms with Crippen LogP contribution in [0.15, 0.2) is 553 Å². The van der Waals surface area contributed by atoms with Crippen molar-refractivity contribution in [3.8, 4) is 134 Å². The van der Waals surface area contributed by atoms with Crippen LogP contribution in [0.3, 0.4) is 0 Å². The highest BCUT2D eigenvalue weighted by Crippen LogP contribution is 2.47. The monoisotopic (exact) mass is 2020 g/mol. The maximum Gasteiger partial charge on any atom is 0.488 e. The van der Waals surface area contributed by atoms with Crippen LogP contribution in [0.5, 0.6) is 0 Å². The van der Waals surface area contributed by atoms with Crippen molar-refractivity contribution in [1.82, 2.24) is 0 Å². The van der Waals surface area contributed by atoms with E-state index in [-0.39, 0.29) is 0 Å². The predicted molar refractivity (Wildman–Crippen MR) is 620 cm³/mol. The number of benzene rings is 25. The molecular formula is C134H93B2Br3O4. The minimum Gasteiger partial charge on any atom is -0.423 e. The molecule has 0 radical (unpaired) electrons. The van der Waals surface area contributed by atoms with E-state index in [1.54, 1.807) is 24.3 Å². The lowest BCUT2D eigenvalue weighted by Gasteiger charge is -2.17. The number of rotatable bonds is 14. The number of hydrogen-bond donors (Lipinski definition) is 4. The van der Waals surface area contributed by atoms with E-state index in [0.717, 1.165) is 35.3 Å². The zero-order valence-electron chi connectivity index (χ0n) is 78.0. The highest BCUT2D eigenvalue weighted by Gasteiger charge is 2.21. The maximum atomic E-state index is 9.22. The summed E-state index contributed by atoms with van der Waals surface area (Å²) in [5, 5.41) is 55.8. The molecule has 0 fully saturated rings. The smallest absolute Gasteiger partial charge is 0.423 e. The van der Waals surface area contributed by atoms with Crippen LogP contribution in [-0.2, 0) is 0 Å². The van der Waals surface area contributed by atoms with Gasteiger partial charge in [-0.3, -0.25) is 0 Å². The molecule has 0 aromatic heterocycles. The van der Waals surface area contributed by atoms with Crippen molar-refractivity contribution in [2.45, 2.75) is 0 Å². The van der Waals surface area contributed by atoms with Crippen molar-refractivity contribution in [3.05, 3.63) is 553 Å². The Morgan fingerprint density at radius 3 is 0.580 bits per heavy atom. The summed E-state index contributed by atoms with van der Waals surface area (Å²) in [6.45, 7) is 0. The van der Waals surface area contributed by atoms with Crippen molar-refractivity contribution in [3.63, 3.8) is 0 Å². The zero-order valence-corrected chi connectivity index (χ0v) is 82.7. The van der Waals surface area contributed by atoms with Crippen LogP contribution in [0, 0.1) is 0 Å². The van der Waals surface area contributed by atoms with Gasteiger partial charge in [0.1, 0.15) is 0 Å².